The molecule has 3 aromatic rings. The fraction of sp³-hybridized carbons (Fsp3) is 0.273. The van der Waals surface area contributed by atoms with Crippen LogP contribution in [0.4, 0.5) is 0 Å². The highest BCUT2D eigenvalue weighted by Crippen LogP contribution is 2.40. The van der Waals surface area contributed by atoms with Gasteiger partial charge in [-0.15, -0.1) is 11.3 Å². The molecule has 32 heavy (non-hydrogen) atoms. The third-order valence-electron chi connectivity index (χ3n) is 4.91. The van der Waals surface area contributed by atoms with Crippen molar-refractivity contribution in [3.05, 3.63) is 52.9 Å². The quantitative estimate of drug-likeness (QED) is 0.534. The zero-order chi connectivity index (χ0) is 23.7. The number of aryl methyl sites for hydroxylation is 1. The Morgan fingerprint density at radius 2 is 1.62 bits per heavy atom. The summed E-state index contributed by atoms with van der Waals surface area (Å²) in [5, 5.41) is 0.414. The molecule has 0 unspecified atom stereocenters. The molecular formula is C22H24N2O5S3. The molecule has 3 rings (SSSR count). The van der Waals surface area contributed by atoms with E-state index in [0.717, 1.165) is 22.4 Å². The van der Waals surface area contributed by atoms with Gasteiger partial charge in [-0.05, 0) is 31.0 Å². The van der Waals surface area contributed by atoms with Crippen LogP contribution in [0.2, 0.25) is 0 Å². The van der Waals surface area contributed by atoms with Gasteiger partial charge in [-0.3, -0.25) is 4.79 Å². The summed E-state index contributed by atoms with van der Waals surface area (Å²) in [5.74, 6) is -0.646. The third-order valence-corrected chi connectivity index (χ3v) is 8.79. The van der Waals surface area contributed by atoms with Gasteiger partial charge < -0.3 is 0 Å². The summed E-state index contributed by atoms with van der Waals surface area (Å²) in [7, 11) is -7.86. The van der Waals surface area contributed by atoms with Gasteiger partial charge in [-0.1, -0.05) is 44.2 Å². The Morgan fingerprint density at radius 1 is 1.00 bits per heavy atom. The largest absolute Gasteiger partial charge is 0.274 e. The van der Waals surface area contributed by atoms with Crippen molar-refractivity contribution < 1.29 is 21.6 Å². The number of rotatable bonds is 7. The zero-order valence-electron chi connectivity index (χ0n) is 18.2. The second-order valence-corrected chi connectivity index (χ2v) is 11.9. The number of carbonyl (C=O) groups is 1. The van der Waals surface area contributed by atoms with Crippen LogP contribution in [0.5, 0.6) is 0 Å². The topological polar surface area (TPSA) is 110 Å². The SMILES string of the molecule is CCC(=O)NS(=O)(=O)c1ccc(S(C)(=O)=O)c(-c2nc(-c3ccccc3)c(CC)s2)c1C. The van der Waals surface area contributed by atoms with Crippen LogP contribution in [-0.4, -0.2) is 34.0 Å². The molecule has 0 aliphatic heterocycles. The zero-order valence-corrected chi connectivity index (χ0v) is 20.6. The molecule has 10 heteroatoms. The standard InChI is InChI=1S/C22H24N2O5S3/c1-5-16-21(15-10-8-7-9-11-15)23-22(30-16)20-14(3)17(12-13-18(20)31(4,26)27)32(28,29)24-19(25)6-2/h7-13H,5-6H2,1-4H3,(H,24,25). The molecule has 1 amide bonds. The van der Waals surface area contributed by atoms with Crippen molar-refractivity contribution in [3.63, 3.8) is 0 Å². The van der Waals surface area contributed by atoms with Crippen LogP contribution >= 0.6 is 11.3 Å². The first-order valence-electron chi connectivity index (χ1n) is 9.94. The average molecular weight is 493 g/mol. The molecule has 7 nitrogen and oxygen atoms in total. The second-order valence-electron chi connectivity index (χ2n) is 7.23. The van der Waals surface area contributed by atoms with Crippen molar-refractivity contribution in [1.29, 1.82) is 0 Å². The van der Waals surface area contributed by atoms with Gasteiger partial charge in [-0.25, -0.2) is 26.5 Å². The molecule has 1 aromatic heterocycles. The summed E-state index contributed by atoms with van der Waals surface area (Å²) in [5.41, 5.74) is 2.09. The minimum Gasteiger partial charge on any atom is -0.274 e. The van der Waals surface area contributed by atoms with E-state index in [2.05, 4.69) is 0 Å². The summed E-state index contributed by atoms with van der Waals surface area (Å²) in [6.45, 7) is 5.06. The van der Waals surface area contributed by atoms with E-state index >= 15 is 0 Å². The van der Waals surface area contributed by atoms with Crippen molar-refractivity contribution in [2.24, 2.45) is 0 Å². The lowest BCUT2D eigenvalue weighted by Crippen LogP contribution is -2.30. The number of nitrogens with one attached hydrogen (secondary N) is 1. The summed E-state index contributed by atoms with van der Waals surface area (Å²) >= 11 is 1.33. The van der Waals surface area contributed by atoms with E-state index in [1.165, 1.54) is 30.4 Å². The molecule has 0 bridgehead atoms. The van der Waals surface area contributed by atoms with Gasteiger partial charge in [0, 0.05) is 28.7 Å². The van der Waals surface area contributed by atoms with Gasteiger partial charge in [0.25, 0.3) is 10.0 Å². The van der Waals surface area contributed by atoms with Crippen LogP contribution in [0, 0.1) is 6.92 Å². The van der Waals surface area contributed by atoms with Crippen molar-refractivity contribution in [3.8, 4) is 21.8 Å². The van der Waals surface area contributed by atoms with Crippen LogP contribution in [0.1, 0.15) is 30.7 Å². The maximum atomic E-state index is 12.8. The van der Waals surface area contributed by atoms with E-state index in [4.69, 9.17) is 4.98 Å². The first-order chi connectivity index (χ1) is 15.0. The minimum atomic E-state index is -4.17. The summed E-state index contributed by atoms with van der Waals surface area (Å²) < 4.78 is 52.8. The number of nitrogens with zero attached hydrogens (tertiary/aromatic N) is 1. The van der Waals surface area contributed by atoms with E-state index in [0.29, 0.717) is 11.4 Å². The number of amides is 1. The van der Waals surface area contributed by atoms with Crippen molar-refractivity contribution >= 4 is 37.1 Å². The Morgan fingerprint density at radius 3 is 2.19 bits per heavy atom. The van der Waals surface area contributed by atoms with Crippen LogP contribution in [0.25, 0.3) is 21.8 Å². The summed E-state index contributed by atoms with van der Waals surface area (Å²) in [6.07, 6.45) is 1.75. The molecule has 1 N–H and O–H groups in total. The molecule has 0 aliphatic rings. The van der Waals surface area contributed by atoms with Gasteiger partial charge in [-0.2, -0.15) is 0 Å². The molecule has 0 radical (unpaired) electrons. The Labute approximate surface area is 192 Å². The molecule has 1 heterocycles. The van der Waals surface area contributed by atoms with E-state index in [9.17, 15) is 21.6 Å². The molecule has 0 saturated carbocycles. The molecule has 0 atom stereocenters. The molecule has 0 spiro atoms. The molecular weight excluding hydrogens is 468 g/mol. The molecule has 0 fully saturated rings. The third kappa shape index (κ3) is 4.77. The molecule has 0 saturated heterocycles. The number of sulfone groups is 1. The lowest BCUT2D eigenvalue weighted by Gasteiger charge is -2.14. The highest BCUT2D eigenvalue weighted by Gasteiger charge is 2.28. The van der Waals surface area contributed by atoms with E-state index in [1.54, 1.807) is 6.92 Å². The number of benzene rings is 2. The summed E-state index contributed by atoms with van der Waals surface area (Å²) in [6, 6.07) is 12.0. The van der Waals surface area contributed by atoms with Gasteiger partial charge in [0.2, 0.25) is 5.91 Å². The predicted octanol–water partition coefficient (Wildman–Crippen LogP) is 3.97. The number of aromatic nitrogens is 1. The number of carbonyl (C=O) groups excluding carboxylic acids is 1. The van der Waals surface area contributed by atoms with Gasteiger partial charge in [0.1, 0.15) is 5.01 Å². The van der Waals surface area contributed by atoms with Gasteiger partial charge >= 0.3 is 0 Å². The number of hydrogen-bond acceptors (Lipinski definition) is 7. The van der Waals surface area contributed by atoms with E-state index < -0.39 is 25.8 Å². The highest BCUT2D eigenvalue weighted by atomic mass is 32.2. The second kappa shape index (κ2) is 9.13. The van der Waals surface area contributed by atoms with Crippen molar-refractivity contribution in [2.45, 2.75) is 43.4 Å². The maximum Gasteiger partial charge on any atom is 0.264 e. The summed E-state index contributed by atoms with van der Waals surface area (Å²) in [4.78, 5) is 17.3. The Hall–Kier alpha value is -2.56. The van der Waals surface area contributed by atoms with Crippen LogP contribution in [-0.2, 0) is 31.1 Å². The van der Waals surface area contributed by atoms with Crippen LogP contribution < -0.4 is 4.72 Å². The molecule has 0 aliphatic carbocycles. The lowest BCUT2D eigenvalue weighted by molar-refractivity contribution is -0.119. The molecule has 2 aromatic carbocycles. The Balaban J connectivity index is 2.30. The molecule has 170 valence electrons. The maximum absolute atomic E-state index is 12.8. The van der Waals surface area contributed by atoms with Crippen LogP contribution in [0.15, 0.2) is 52.3 Å². The fourth-order valence-corrected chi connectivity index (χ4v) is 6.78. The highest BCUT2D eigenvalue weighted by molar-refractivity contribution is 7.91. The number of sulfonamides is 1. The number of hydrogen-bond donors (Lipinski definition) is 1. The smallest absolute Gasteiger partial charge is 0.264 e. The van der Waals surface area contributed by atoms with Crippen LogP contribution in [0.3, 0.4) is 0 Å². The predicted molar refractivity (Wildman–Crippen MR) is 126 cm³/mol. The Kier molecular flexibility index (Phi) is 6.87. The first-order valence-corrected chi connectivity index (χ1v) is 14.1. The van der Waals surface area contributed by atoms with E-state index in [1.807, 2.05) is 42.0 Å². The normalized spacial score (nSPS) is 12.0. The minimum absolute atomic E-state index is 0.000661. The van der Waals surface area contributed by atoms with E-state index in [-0.39, 0.29) is 27.3 Å². The fourth-order valence-electron chi connectivity index (χ4n) is 3.33. The monoisotopic (exact) mass is 492 g/mol. The number of thiazole rings is 1. The first kappa shape index (κ1) is 24.1. The average Bonchev–Trinajstić information content (AvgIpc) is 3.16. The lowest BCUT2D eigenvalue weighted by atomic mass is 10.1. The van der Waals surface area contributed by atoms with Crippen molar-refractivity contribution in [1.82, 2.24) is 9.71 Å². The van der Waals surface area contributed by atoms with Crippen molar-refractivity contribution in [2.75, 3.05) is 6.26 Å². The van der Waals surface area contributed by atoms with Gasteiger partial charge in [0.15, 0.2) is 9.84 Å². The Bertz CT molecular complexity index is 1380. The van der Waals surface area contributed by atoms with Gasteiger partial charge in [0.05, 0.1) is 15.5 Å².